The first kappa shape index (κ1) is 18.5. The van der Waals surface area contributed by atoms with Gasteiger partial charge in [0.2, 0.25) is 0 Å². The summed E-state index contributed by atoms with van der Waals surface area (Å²) in [6, 6.07) is 12.1. The van der Waals surface area contributed by atoms with Crippen molar-refractivity contribution in [2.24, 2.45) is 11.5 Å². The van der Waals surface area contributed by atoms with Gasteiger partial charge in [-0.3, -0.25) is 4.79 Å². The van der Waals surface area contributed by atoms with Gasteiger partial charge in [0.1, 0.15) is 0 Å². The summed E-state index contributed by atoms with van der Waals surface area (Å²) in [6.45, 7) is 0. The maximum absolute atomic E-state index is 11.4. The van der Waals surface area contributed by atoms with E-state index in [1.54, 1.807) is 36.4 Å². The molecule has 0 aliphatic heterocycles. The standard InChI is InChI=1S/C19H17N2O3P/c20-18(22)15-7-4-13(5-8-15)3-6-14-9-10-17(19(21)23)12-16(14)2-1-11-25-24/h3-10,12H,1-2H2,(H2,20,22)(H2,21,23)/b6-3+. The molecule has 2 amide bonds. The van der Waals surface area contributed by atoms with Gasteiger partial charge >= 0.3 is 136 Å². The zero-order valence-electron chi connectivity index (χ0n) is 13.4. The van der Waals surface area contributed by atoms with Crippen molar-refractivity contribution in [2.45, 2.75) is 12.8 Å². The molecule has 0 bridgehead atoms. The molecule has 0 saturated carbocycles. The van der Waals surface area contributed by atoms with Crippen molar-refractivity contribution in [3.63, 3.8) is 0 Å². The minimum absolute atomic E-state index is 0.135. The molecule has 0 aromatic heterocycles. The van der Waals surface area contributed by atoms with Crippen LogP contribution in [-0.4, -0.2) is 11.8 Å². The van der Waals surface area contributed by atoms with Gasteiger partial charge in [0.25, 0.3) is 0 Å². The Morgan fingerprint density at radius 3 is 2.20 bits per heavy atom. The van der Waals surface area contributed by atoms with E-state index in [-0.39, 0.29) is 7.92 Å². The fourth-order valence-electron chi connectivity index (χ4n) is 2.32. The van der Waals surface area contributed by atoms with E-state index in [0.717, 1.165) is 16.7 Å². The fourth-order valence-corrected chi connectivity index (χ4v) is 2.52. The molecule has 0 heterocycles. The maximum atomic E-state index is 11.4. The topological polar surface area (TPSA) is 103 Å². The molecule has 25 heavy (non-hydrogen) atoms. The molecule has 2 rings (SSSR count). The van der Waals surface area contributed by atoms with E-state index in [1.165, 1.54) is 0 Å². The zero-order chi connectivity index (χ0) is 18.2. The van der Waals surface area contributed by atoms with Crippen molar-refractivity contribution in [2.75, 3.05) is 0 Å². The molecule has 0 radical (unpaired) electrons. The first-order valence-corrected chi connectivity index (χ1v) is 8.38. The van der Waals surface area contributed by atoms with Crippen LogP contribution in [0.1, 0.15) is 43.8 Å². The van der Waals surface area contributed by atoms with Crippen LogP contribution in [0.25, 0.3) is 12.2 Å². The van der Waals surface area contributed by atoms with Crippen molar-refractivity contribution < 1.29 is 14.2 Å². The summed E-state index contributed by atoms with van der Waals surface area (Å²) in [4.78, 5) is 22.4. The summed E-state index contributed by atoms with van der Waals surface area (Å²) < 4.78 is 10.5. The molecule has 0 atom stereocenters. The van der Waals surface area contributed by atoms with Crippen molar-refractivity contribution in [3.8, 4) is 5.63 Å². The molecule has 2 aromatic carbocycles. The fraction of sp³-hybridized carbons (Fsp3) is 0.105. The van der Waals surface area contributed by atoms with Crippen molar-refractivity contribution in [1.82, 2.24) is 0 Å². The van der Waals surface area contributed by atoms with Crippen LogP contribution < -0.4 is 11.5 Å². The van der Waals surface area contributed by atoms with Gasteiger partial charge in [-0.2, -0.15) is 0 Å². The van der Waals surface area contributed by atoms with Crippen LogP contribution in [0.2, 0.25) is 0 Å². The Morgan fingerprint density at radius 1 is 0.960 bits per heavy atom. The molecule has 0 aliphatic carbocycles. The molecule has 126 valence electrons. The van der Waals surface area contributed by atoms with Gasteiger partial charge in [0, 0.05) is 0 Å². The van der Waals surface area contributed by atoms with Crippen LogP contribution >= 0.6 is 7.92 Å². The molecule has 0 unspecified atom stereocenters. The normalized spacial score (nSPS) is 10.4. The van der Waals surface area contributed by atoms with E-state index >= 15 is 0 Å². The van der Waals surface area contributed by atoms with Crippen molar-refractivity contribution in [1.29, 1.82) is 0 Å². The number of primary amides is 2. The van der Waals surface area contributed by atoms with Crippen molar-refractivity contribution in [3.05, 3.63) is 70.3 Å². The van der Waals surface area contributed by atoms with Gasteiger partial charge in [-0.1, -0.05) is 0 Å². The summed E-state index contributed by atoms with van der Waals surface area (Å²) >= 11 is 0. The van der Waals surface area contributed by atoms with E-state index in [4.69, 9.17) is 11.5 Å². The molecular formula is C19H17N2O3P. The van der Waals surface area contributed by atoms with Gasteiger partial charge < -0.3 is 5.73 Å². The third-order valence-electron chi connectivity index (χ3n) is 3.65. The Morgan fingerprint density at radius 2 is 1.60 bits per heavy atom. The van der Waals surface area contributed by atoms with Crippen LogP contribution in [0.15, 0.2) is 42.5 Å². The molecule has 2 aromatic rings. The van der Waals surface area contributed by atoms with Gasteiger partial charge in [-0.05, 0) is 0 Å². The van der Waals surface area contributed by atoms with E-state index < -0.39 is 11.8 Å². The molecular weight excluding hydrogens is 335 g/mol. The number of nitrogens with two attached hydrogens (primary N) is 2. The number of carbonyl (C=O) groups is 2. The molecule has 6 heteroatoms. The number of aryl methyl sites for hydroxylation is 1. The number of rotatable bonds is 6. The summed E-state index contributed by atoms with van der Waals surface area (Å²) in [7, 11) is -0.135. The summed E-state index contributed by atoms with van der Waals surface area (Å²) in [5, 5.41) is 0. The summed E-state index contributed by atoms with van der Waals surface area (Å²) in [6.07, 6.45) is 4.90. The van der Waals surface area contributed by atoms with E-state index in [9.17, 15) is 14.2 Å². The van der Waals surface area contributed by atoms with Gasteiger partial charge in [0.05, 0.1) is 0 Å². The van der Waals surface area contributed by atoms with E-state index in [2.05, 4.69) is 5.63 Å². The Kier molecular flexibility index (Phi) is 6.53. The van der Waals surface area contributed by atoms with Gasteiger partial charge in [-0.15, -0.1) is 0 Å². The third kappa shape index (κ3) is 5.32. The Hall–Kier alpha value is -2.87. The second kappa shape index (κ2) is 8.84. The van der Waals surface area contributed by atoms with Crippen LogP contribution in [-0.2, 0) is 11.0 Å². The number of carbonyl (C=O) groups excluding carboxylic acids is 2. The summed E-state index contributed by atoms with van der Waals surface area (Å²) in [5.41, 5.74) is 16.9. The minimum atomic E-state index is -0.492. The monoisotopic (exact) mass is 352 g/mol. The second-order valence-corrected chi connectivity index (χ2v) is 5.85. The first-order valence-electron chi connectivity index (χ1n) is 7.57. The third-order valence-corrected chi connectivity index (χ3v) is 4.00. The number of hydrogen-bond acceptors (Lipinski definition) is 3. The SMILES string of the molecule is NC(=O)c1ccc(/C=C/c2ccc(C(N)=O)cc2CCC#P=O)cc1. The predicted octanol–water partition coefficient (Wildman–Crippen LogP) is 3.24. The molecule has 0 saturated heterocycles. The van der Waals surface area contributed by atoms with Crippen molar-refractivity contribution >= 4 is 31.9 Å². The molecule has 0 fully saturated rings. The van der Waals surface area contributed by atoms with Crippen LogP contribution in [0.5, 0.6) is 0 Å². The van der Waals surface area contributed by atoms with Gasteiger partial charge in [-0.25, -0.2) is 0 Å². The summed E-state index contributed by atoms with van der Waals surface area (Å²) in [5.74, 6) is -0.959. The first-order chi connectivity index (χ1) is 12.0. The number of benzene rings is 2. The quantitative estimate of drug-likeness (QED) is 0.616. The molecule has 0 spiro atoms. The molecule has 0 aliphatic rings. The van der Waals surface area contributed by atoms with Crippen LogP contribution in [0.4, 0.5) is 0 Å². The molecule has 5 nitrogen and oxygen atoms in total. The molecule has 4 N–H and O–H groups in total. The second-order valence-electron chi connectivity index (χ2n) is 5.35. The van der Waals surface area contributed by atoms with Gasteiger partial charge in [0.15, 0.2) is 0 Å². The van der Waals surface area contributed by atoms with Crippen LogP contribution in [0.3, 0.4) is 0 Å². The average molecular weight is 352 g/mol. The van der Waals surface area contributed by atoms with Crippen LogP contribution in [0, 0.1) is 5.63 Å². The predicted molar refractivity (Wildman–Crippen MR) is 98.7 cm³/mol. The Labute approximate surface area is 146 Å². The zero-order valence-corrected chi connectivity index (χ0v) is 14.3. The number of hydrogen-bond donors (Lipinski definition) is 2. The number of amides is 2. The Balaban J connectivity index is 2.29. The van der Waals surface area contributed by atoms with E-state index in [1.807, 2.05) is 18.2 Å². The average Bonchev–Trinajstić information content (AvgIpc) is 2.61. The van der Waals surface area contributed by atoms with E-state index in [0.29, 0.717) is 24.0 Å². The Bertz CT molecular complexity index is 929.